The number of fused-ring (bicyclic) bond motifs is 4. The zero-order valence-electron chi connectivity index (χ0n) is 18.0. The number of rotatable bonds is 2. The Kier molecular flexibility index (Phi) is 4.38. The third-order valence-corrected chi connectivity index (χ3v) is 7.33. The van der Waals surface area contributed by atoms with E-state index in [1.807, 2.05) is 0 Å². The molecule has 0 N–H and O–H groups in total. The van der Waals surface area contributed by atoms with E-state index in [2.05, 4.69) is 90.8 Å². The van der Waals surface area contributed by atoms with Crippen molar-refractivity contribution >= 4 is 5.71 Å². The zero-order chi connectivity index (χ0) is 20.8. The lowest BCUT2D eigenvalue weighted by Gasteiger charge is -2.50. The standard InChI is InChI=1S/C28H28N2O/c1-20-11-13-23(14-12-20)25-19-26-24-9-5-6-10-27(24)31-28(30(26)29-25)17-15-22(16-18-28)21-7-3-2-4-8-21/h2-14,22,26H,15-19H2,1H3/t22?,26-,28?/m0/s1. The van der Waals surface area contributed by atoms with E-state index < -0.39 is 0 Å². The molecule has 6 rings (SSSR count). The molecule has 1 atom stereocenters. The summed E-state index contributed by atoms with van der Waals surface area (Å²) >= 11 is 0. The van der Waals surface area contributed by atoms with Gasteiger partial charge in [-0.2, -0.15) is 5.10 Å². The molecule has 156 valence electrons. The Morgan fingerprint density at radius 2 is 1.58 bits per heavy atom. The number of aryl methyl sites for hydroxylation is 1. The number of hydrogen-bond acceptors (Lipinski definition) is 3. The van der Waals surface area contributed by atoms with Gasteiger partial charge in [-0.15, -0.1) is 0 Å². The van der Waals surface area contributed by atoms with E-state index in [4.69, 9.17) is 9.84 Å². The van der Waals surface area contributed by atoms with Gasteiger partial charge in [0.05, 0.1) is 11.8 Å². The molecule has 1 spiro atoms. The lowest BCUT2D eigenvalue weighted by Crippen LogP contribution is -2.55. The Balaban J connectivity index is 1.35. The van der Waals surface area contributed by atoms with Crippen molar-refractivity contribution in [3.63, 3.8) is 0 Å². The number of nitrogens with zero attached hydrogens (tertiary/aromatic N) is 2. The topological polar surface area (TPSA) is 24.8 Å². The first kappa shape index (κ1) is 18.7. The van der Waals surface area contributed by atoms with Crippen LogP contribution in [-0.4, -0.2) is 16.4 Å². The van der Waals surface area contributed by atoms with E-state index in [0.29, 0.717) is 5.92 Å². The van der Waals surface area contributed by atoms with E-state index in [9.17, 15) is 0 Å². The van der Waals surface area contributed by atoms with E-state index in [1.165, 1.54) is 28.0 Å². The summed E-state index contributed by atoms with van der Waals surface area (Å²) in [6.45, 7) is 2.13. The van der Waals surface area contributed by atoms with E-state index in [1.54, 1.807) is 0 Å². The predicted molar refractivity (Wildman–Crippen MR) is 124 cm³/mol. The minimum Gasteiger partial charge on any atom is -0.466 e. The highest BCUT2D eigenvalue weighted by atomic mass is 16.5. The average molecular weight is 409 g/mol. The Labute approximate surface area is 184 Å². The van der Waals surface area contributed by atoms with Crippen LogP contribution in [0, 0.1) is 6.92 Å². The van der Waals surface area contributed by atoms with E-state index >= 15 is 0 Å². The summed E-state index contributed by atoms with van der Waals surface area (Å²) in [5, 5.41) is 7.53. The van der Waals surface area contributed by atoms with Gasteiger partial charge in [0.2, 0.25) is 0 Å². The Morgan fingerprint density at radius 1 is 0.871 bits per heavy atom. The van der Waals surface area contributed by atoms with Crippen molar-refractivity contribution < 1.29 is 4.74 Å². The lowest BCUT2D eigenvalue weighted by molar-refractivity contribution is -0.142. The smallest absolute Gasteiger partial charge is 0.198 e. The fourth-order valence-corrected chi connectivity index (χ4v) is 5.61. The van der Waals surface area contributed by atoms with Gasteiger partial charge in [-0.25, -0.2) is 5.01 Å². The average Bonchev–Trinajstić information content (AvgIpc) is 3.28. The molecule has 0 unspecified atom stereocenters. The van der Waals surface area contributed by atoms with Gasteiger partial charge in [0, 0.05) is 24.8 Å². The molecule has 1 saturated carbocycles. The number of benzene rings is 3. The molecule has 0 bridgehead atoms. The molecule has 0 saturated heterocycles. The second-order valence-electron chi connectivity index (χ2n) is 9.25. The highest BCUT2D eigenvalue weighted by molar-refractivity contribution is 6.02. The van der Waals surface area contributed by atoms with Gasteiger partial charge in [-0.3, -0.25) is 0 Å². The summed E-state index contributed by atoms with van der Waals surface area (Å²) in [4.78, 5) is 0. The first-order valence-electron chi connectivity index (χ1n) is 11.5. The number of para-hydroxylation sites is 1. The molecular weight excluding hydrogens is 380 g/mol. The van der Waals surface area contributed by atoms with Crippen LogP contribution in [0.4, 0.5) is 0 Å². The monoisotopic (exact) mass is 408 g/mol. The summed E-state index contributed by atoms with van der Waals surface area (Å²) in [7, 11) is 0. The van der Waals surface area contributed by atoms with Crippen molar-refractivity contribution in [2.24, 2.45) is 5.10 Å². The Morgan fingerprint density at radius 3 is 2.35 bits per heavy atom. The summed E-state index contributed by atoms with van der Waals surface area (Å²) in [6, 6.07) is 28.5. The number of ether oxygens (including phenoxy) is 1. The molecule has 3 aromatic rings. The molecule has 1 fully saturated rings. The fraction of sp³-hybridized carbons (Fsp3) is 0.321. The van der Waals surface area contributed by atoms with Crippen LogP contribution >= 0.6 is 0 Å². The maximum absolute atomic E-state index is 6.78. The van der Waals surface area contributed by atoms with Crippen LogP contribution in [-0.2, 0) is 0 Å². The predicted octanol–water partition coefficient (Wildman–Crippen LogP) is 6.59. The van der Waals surface area contributed by atoms with Crippen molar-refractivity contribution in [3.8, 4) is 5.75 Å². The quantitative estimate of drug-likeness (QED) is 0.478. The summed E-state index contributed by atoms with van der Waals surface area (Å²) in [5.74, 6) is 1.65. The van der Waals surface area contributed by atoms with Gasteiger partial charge in [0.15, 0.2) is 5.72 Å². The largest absolute Gasteiger partial charge is 0.466 e. The van der Waals surface area contributed by atoms with E-state index in [-0.39, 0.29) is 11.8 Å². The van der Waals surface area contributed by atoms with Gasteiger partial charge in [-0.1, -0.05) is 78.4 Å². The highest BCUT2D eigenvalue weighted by Crippen LogP contribution is 2.52. The van der Waals surface area contributed by atoms with Crippen LogP contribution in [0.3, 0.4) is 0 Å². The molecule has 2 heterocycles. The second kappa shape index (κ2) is 7.26. The normalized spacial score (nSPS) is 26.7. The third-order valence-electron chi connectivity index (χ3n) is 7.33. The summed E-state index contributed by atoms with van der Waals surface area (Å²) < 4.78 is 6.78. The van der Waals surface area contributed by atoms with Crippen LogP contribution in [0.15, 0.2) is 84.0 Å². The van der Waals surface area contributed by atoms with Gasteiger partial charge >= 0.3 is 0 Å². The van der Waals surface area contributed by atoms with Gasteiger partial charge in [-0.05, 0) is 42.9 Å². The fourth-order valence-electron chi connectivity index (χ4n) is 5.61. The van der Waals surface area contributed by atoms with E-state index in [0.717, 1.165) is 37.9 Å². The van der Waals surface area contributed by atoms with Crippen molar-refractivity contribution in [2.45, 2.75) is 56.7 Å². The summed E-state index contributed by atoms with van der Waals surface area (Å²) in [6.07, 6.45) is 5.20. The molecular formula is C28H28N2O. The first-order chi connectivity index (χ1) is 15.2. The van der Waals surface area contributed by atoms with Crippen LogP contribution in [0.5, 0.6) is 5.75 Å². The van der Waals surface area contributed by atoms with Gasteiger partial charge in [0.25, 0.3) is 0 Å². The molecule has 0 aromatic heterocycles. The molecule has 0 amide bonds. The third kappa shape index (κ3) is 3.15. The molecule has 3 aliphatic rings. The van der Waals surface area contributed by atoms with Crippen molar-refractivity contribution in [3.05, 3.63) is 101 Å². The Bertz CT molecular complexity index is 1110. The van der Waals surface area contributed by atoms with Crippen LogP contribution in [0.25, 0.3) is 0 Å². The van der Waals surface area contributed by atoms with Crippen molar-refractivity contribution in [2.75, 3.05) is 0 Å². The summed E-state index contributed by atoms with van der Waals surface area (Å²) in [5.41, 5.74) is 6.07. The molecule has 3 nitrogen and oxygen atoms in total. The Hall–Kier alpha value is -3.07. The molecule has 0 radical (unpaired) electrons. The van der Waals surface area contributed by atoms with Gasteiger partial charge < -0.3 is 4.74 Å². The minimum absolute atomic E-state index is 0.259. The molecule has 3 aromatic carbocycles. The second-order valence-corrected chi connectivity index (χ2v) is 9.25. The molecule has 3 heteroatoms. The van der Waals surface area contributed by atoms with Crippen molar-refractivity contribution in [1.29, 1.82) is 0 Å². The van der Waals surface area contributed by atoms with Gasteiger partial charge in [0.1, 0.15) is 5.75 Å². The maximum Gasteiger partial charge on any atom is 0.198 e. The van der Waals surface area contributed by atoms with Crippen LogP contribution in [0.2, 0.25) is 0 Å². The molecule has 31 heavy (non-hydrogen) atoms. The number of hydrogen-bond donors (Lipinski definition) is 0. The van der Waals surface area contributed by atoms with Crippen LogP contribution in [0.1, 0.15) is 66.3 Å². The van der Waals surface area contributed by atoms with Crippen molar-refractivity contribution in [1.82, 2.24) is 5.01 Å². The first-order valence-corrected chi connectivity index (χ1v) is 11.5. The number of hydrazone groups is 1. The minimum atomic E-state index is -0.337. The zero-order valence-corrected chi connectivity index (χ0v) is 18.0. The highest BCUT2D eigenvalue weighted by Gasteiger charge is 2.51. The lowest BCUT2D eigenvalue weighted by atomic mass is 9.78. The van der Waals surface area contributed by atoms with Crippen LogP contribution < -0.4 is 4.74 Å². The maximum atomic E-state index is 6.78. The molecule has 2 aliphatic heterocycles. The molecule has 1 aliphatic carbocycles. The SMILES string of the molecule is Cc1ccc(C2=NN3[C@@H](C2)c2ccccc2OC32CCC(c3ccccc3)CC2)cc1.